The maximum Gasteiger partial charge on any atom is 0.121 e. The van der Waals surface area contributed by atoms with E-state index in [0.717, 1.165) is 11.3 Å². The second-order valence-electron chi connectivity index (χ2n) is 5.90. The highest BCUT2D eigenvalue weighted by atomic mass is 15.3. The van der Waals surface area contributed by atoms with Gasteiger partial charge in [0.2, 0.25) is 0 Å². The Labute approximate surface area is 131 Å². The largest absolute Gasteiger partial charge is 0.384 e. The molecule has 1 heterocycles. The number of aromatic nitrogens is 2. The number of nitrogen functional groups attached to an aromatic ring is 1. The van der Waals surface area contributed by atoms with Crippen LogP contribution in [0.3, 0.4) is 0 Å². The molecule has 0 unspecified atom stereocenters. The van der Waals surface area contributed by atoms with E-state index in [-0.39, 0.29) is 0 Å². The van der Waals surface area contributed by atoms with E-state index in [2.05, 4.69) is 61.4 Å². The molecule has 0 saturated heterocycles. The van der Waals surface area contributed by atoms with Gasteiger partial charge >= 0.3 is 0 Å². The third-order valence-corrected chi connectivity index (χ3v) is 3.97. The van der Waals surface area contributed by atoms with E-state index in [1.165, 1.54) is 16.7 Å². The molecular formula is C19H21N3. The molecule has 0 amide bonds. The van der Waals surface area contributed by atoms with Gasteiger partial charge in [0.15, 0.2) is 0 Å². The lowest BCUT2D eigenvalue weighted by Crippen LogP contribution is -1.97. The van der Waals surface area contributed by atoms with Crippen LogP contribution in [0.1, 0.15) is 25.3 Å². The lowest BCUT2D eigenvalue weighted by molar-refractivity contribution is 0.782. The molecular weight excluding hydrogens is 270 g/mol. The summed E-state index contributed by atoms with van der Waals surface area (Å²) in [5.41, 5.74) is 11.7. The van der Waals surface area contributed by atoms with Gasteiger partial charge in [-0.15, -0.1) is 0 Å². The van der Waals surface area contributed by atoms with Crippen molar-refractivity contribution in [2.45, 2.75) is 19.8 Å². The highest BCUT2D eigenvalue weighted by molar-refractivity contribution is 5.75. The van der Waals surface area contributed by atoms with Crippen LogP contribution in [0.5, 0.6) is 0 Å². The van der Waals surface area contributed by atoms with E-state index in [1.807, 2.05) is 19.2 Å². The molecule has 2 N–H and O–H groups in total. The second kappa shape index (κ2) is 5.68. The summed E-state index contributed by atoms with van der Waals surface area (Å²) in [7, 11) is 1.86. The van der Waals surface area contributed by atoms with Gasteiger partial charge in [0.25, 0.3) is 0 Å². The van der Waals surface area contributed by atoms with Crippen molar-refractivity contribution >= 4 is 5.82 Å². The molecule has 0 saturated carbocycles. The monoisotopic (exact) mass is 291 g/mol. The topological polar surface area (TPSA) is 43.8 Å². The number of benzene rings is 2. The Kier molecular flexibility index (Phi) is 3.72. The fraction of sp³-hybridized carbons (Fsp3) is 0.211. The molecule has 1 aromatic heterocycles. The van der Waals surface area contributed by atoms with Crippen LogP contribution in [-0.2, 0) is 7.05 Å². The van der Waals surface area contributed by atoms with Crippen LogP contribution in [0.4, 0.5) is 5.82 Å². The maximum atomic E-state index is 5.91. The van der Waals surface area contributed by atoms with E-state index in [9.17, 15) is 0 Å². The molecule has 0 fully saturated rings. The van der Waals surface area contributed by atoms with E-state index < -0.39 is 0 Å². The Morgan fingerprint density at radius 1 is 0.955 bits per heavy atom. The molecule has 112 valence electrons. The van der Waals surface area contributed by atoms with E-state index in [0.29, 0.717) is 11.7 Å². The first-order chi connectivity index (χ1) is 10.6. The number of nitrogens with zero attached hydrogens (tertiary/aromatic N) is 2. The predicted molar refractivity (Wildman–Crippen MR) is 92.6 cm³/mol. The molecule has 0 aliphatic carbocycles. The zero-order valence-electron chi connectivity index (χ0n) is 13.2. The Morgan fingerprint density at radius 3 is 2.27 bits per heavy atom. The fourth-order valence-corrected chi connectivity index (χ4v) is 2.71. The van der Waals surface area contributed by atoms with Gasteiger partial charge in [-0.2, -0.15) is 5.10 Å². The van der Waals surface area contributed by atoms with Gasteiger partial charge < -0.3 is 5.73 Å². The molecule has 0 bridgehead atoms. The summed E-state index contributed by atoms with van der Waals surface area (Å²) >= 11 is 0. The normalized spacial score (nSPS) is 11.1. The second-order valence-corrected chi connectivity index (χ2v) is 5.90. The summed E-state index contributed by atoms with van der Waals surface area (Å²) < 4.78 is 1.70. The minimum absolute atomic E-state index is 0.470. The van der Waals surface area contributed by atoms with Crippen LogP contribution in [0, 0.1) is 0 Å². The zero-order chi connectivity index (χ0) is 15.7. The molecule has 0 atom stereocenters. The Morgan fingerprint density at radius 2 is 1.68 bits per heavy atom. The van der Waals surface area contributed by atoms with Crippen molar-refractivity contribution in [2.24, 2.45) is 7.05 Å². The van der Waals surface area contributed by atoms with E-state index in [1.54, 1.807) is 4.68 Å². The molecule has 3 heteroatoms. The van der Waals surface area contributed by atoms with E-state index >= 15 is 0 Å². The standard InChI is InChI=1S/C19H21N3/c1-13(2)16-10-9-15(18-12-19(20)22(3)21-18)11-17(16)14-7-5-4-6-8-14/h4-13H,20H2,1-3H3. The summed E-state index contributed by atoms with van der Waals surface area (Å²) in [6.07, 6.45) is 0. The van der Waals surface area contributed by atoms with E-state index in [4.69, 9.17) is 5.73 Å². The van der Waals surface area contributed by atoms with Crippen LogP contribution >= 0.6 is 0 Å². The van der Waals surface area contributed by atoms with Crippen LogP contribution in [0.25, 0.3) is 22.4 Å². The van der Waals surface area contributed by atoms with Crippen molar-refractivity contribution in [1.29, 1.82) is 0 Å². The van der Waals surface area contributed by atoms with Crippen LogP contribution in [0.15, 0.2) is 54.6 Å². The lowest BCUT2D eigenvalue weighted by atomic mass is 9.90. The average molecular weight is 291 g/mol. The molecule has 22 heavy (non-hydrogen) atoms. The SMILES string of the molecule is CC(C)c1ccc(-c2cc(N)n(C)n2)cc1-c1ccccc1. The molecule has 3 aromatic rings. The summed E-state index contributed by atoms with van der Waals surface area (Å²) in [5.74, 6) is 1.14. The lowest BCUT2D eigenvalue weighted by Gasteiger charge is -2.14. The molecule has 0 aliphatic heterocycles. The van der Waals surface area contributed by atoms with Crippen LogP contribution in [-0.4, -0.2) is 9.78 Å². The summed E-state index contributed by atoms with van der Waals surface area (Å²) in [6, 6.07) is 19.0. The average Bonchev–Trinajstić information content (AvgIpc) is 2.87. The molecule has 3 nitrogen and oxygen atoms in total. The molecule has 0 spiro atoms. The summed E-state index contributed by atoms with van der Waals surface area (Å²) in [5, 5.41) is 4.48. The Balaban J connectivity index is 2.16. The molecule has 0 radical (unpaired) electrons. The van der Waals surface area contributed by atoms with Crippen LogP contribution < -0.4 is 5.73 Å². The minimum atomic E-state index is 0.470. The minimum Gasteiger partial charge on any atom is -0.384 e. The van der Waals surface area contributed by atoms with Gasteiger partial charge in [-0.25, -0.2) is 0 Å². The van der Waals surface area contributed by atoms with Crippen molar-refractivity contribution in [2.75, 3.05) is 5.73 Å². The third-order valence-electron chi connectivity index (χ3n) is 3.97. The number of anilines is 1. The molecule has 3 rings (SSSR count). The van der Waals surface area contributed by atoms with Gasteiger partial charge in [-0.1, -0.05) is 56.3 Å². The number of hydrogen-bond acceptors (Lipinski definition) is 2. The predicted octanol–water partition coefficient (Wildman–Crippen LogP) is 4.46. The number of hydrogen-bond donors (Lipinski definition) is 1. The third kappa shape index (κ3) is 2.62. The van der Waals surface area contributed by atoms with Gasteiger partial charge in [-0.3, -0.25) is 4.68 Å². The highest BCUT2D eigenvalue weighted by Gasteiger charge is 2.12. The Bertz CT molecular complexity index is 766. The van der Waals surface area contributed by atoms with Gasteiger partial charge in [-0.05, 0) is 28.7 Å². The maximum absolute atomic E-state index is 5.91. The first kappa shape index (κ1) is 14.4. The molecule has 0 aliphatic rings. The van der Waals surface area contributed by atoms with Gasteiger partial charge in [0.1, 0.15) is 5.82 Å². The summed E-state index contributed by atoms with van der Waals surface area (Å²) in [4.78, 5) is 0. The summed E-state index contributed by atoms with van der Waals surface area (Å²) in [6.45, 7) is 4.44. The number of aryl methyl sites for hydroxylation is 1. The number of nitrogens with two attached hydrogens (primary N) is 1. The van der Waals surface area contributed by atoms with Gasteiger partial charge in [0.05, 0.1) is 5.69 Å². The van der Waals surface area contributed by atoms with Crippen molar-refractivity contribution in [3.8, 4) is 22.4 Å². The van der Waals surface area contributed by atoms with Crippen molar-refractivity contribution in [3.05, 3.63) is 60.2 Å². The number of rotatable bonds is 3. The van der Waals surface area contributed by atoms with Crippen LogP contribution in [0.2, 0.25) is 0 Å². The molecule has 2 aromatic carbocycles. The van der Waals surface area contributed by atoms with Crippen molar-refractivity contribution in [1.82, 2.24) is 9.78 Å². The van der Waals surface area contributed by atoms with Crippen molar-refractivity contribution in [3.63, 3.8) is 0 Å². The highest BCUT2D eigenvalue weighted by Crippen LogP contribution is 2.33. The first-order valence-corrected chi connectivity index (χ1v) is 7.55. The first-order valence-electron chi connectivity index (χ1n) is 7.55. The quantitative estimate of drug-likeness (QED) is 0.774. The van der Waals surface area contributed by atoms with Gasteiger partial charge in [0, 0.05) is 18.7 Å². The Hall–Kier alpha value is -2.55. The fourth-order valence-electron chi connectivity index (χ4n) is 2.71. The van der Waals surface area contributed by atoms with Crippen molar-refractivity contribution < 1.29 is 0 Å². The zero-order valence-corrected chi connectivity index (χ0v) is 13.2. The smallest absolute Gasteiger partial charge is 0.121 e.